The zero-order valence-corrected chi connectivity index (χ0v) is 11.2. The molecule has 0 aliphatic carbocycles. The Kier molecular flexibility index (Phi) is 3.99. The van der Waals surface area contributed by atoms with Gasteiger partial charge in [-0.2, -0.15) is 0 Å². The second-order valence-electron chi connectivity index (χ2n) is 4.74. The summed E-state index contributed by atoms with van der Waals surface area (Å²) in [6.45, 7) is 8.16. The van der Waals surface area contributed by atoms with E-state index in [1.165, 1.54) is 22.3 Å². The Labute approximate surface area is 110 Å². The molecule has 0 saturated carbocycles. The number of aryl methyl sites for hydroxylation is 1. The smallest absolute Gasteiger partial charge is 0.00867 e. The largest absolute Gasteiger partial charge is 0.0985 e. The van der Waals surface area contributed by atoms with E-state index in [1.54, 1.807) is 0 Å². The van der Waals surface area contributed by atoms with E-state index in [-0.39, 0.29) is 0 Å². The summed E-state index contributed by atoms with van der Waals surface area (Å²) < 4.78 is 0. The predicted molar refractivity (Wildman–Crippen MR) is 79.8 cm³/mol. The molecule has 1 unspecified atom stereocenters. The maximum atomic E-state index is 3.79. The van der Waals surface area contributed by atoms with Gasteiger partial charge in [-0.15, -0.1) is 0 Å². The third kappa shape index (κ3) is 2.70. The maximum absolute atomic E-state index is 3.79. The molecule has 0 amide bonds. The van der Waals surface area contributed by atoms with Gasteiger partial charge in [0.25, 0.3) is 0 Å². The lowest BCUT2D eigenvalue weighted by molar-refractivity contribution is 0.777. The van der Waals surface area contributed by atoms with Crippen LogP contribution in [0, 0.1) is 6.92 Å². The van der Waals surface area contributed by atoms with Crippen molar-refractivity contribution in [2.75, 3.05) is 0 Å². The van der Waals surface area contributed by atoms with Gasteiger partial charge in [0.15, 0.2) is 0 Å². The number of rotatable bonds is 4. The van der Waals surface area contributed by atoms with Crippen LogP contribution in [0.3, 0.4) is 0 Å². The zero-order chi connectivity index (χ0) is 13.0. The van der Waals surface area contributed by atoms with Crippen LogP contribution in [0.4, 0.5) is 0 Å². The SMILES string of the molecule is C=Cc1ccc(C(CC)c2ccc(C)cc2)cc1. The van der Waals surface area contributed by atoms with Crippen LogP contribution >= 0.6 is 0 Å². The van der Waals surface area contributed by atoms with E-state index in [2.05, 4.69) is 69.0 Å². The molecule has 0 nitrogen and oxygen atoms in total. The Hall–Kier alpha value is -1.82. The average Bonchev–Trinajstić information content (AvgIpc) is 2.42. The maximum Gasteiger partial charge on any atom is 0.00867 e. The van der Waals surface area contributed by atoms with E-state index in [0.717, 1.165) is 6.42 Å². The summed E-state index contributed by atoms with van der Waals surface area (Å²) in [5.74, 6) is 0.490. The fraction of sp³-hybridized carbons (Fsp3) is 0.222. The summed E-state index contributed by atoms with van der Waals surface area (Å²) >= 11 is 0. The molecule has 18 heavy (non-hydrogen) atoms. The van der Waals surface area contributed by atoms with Crippen molar-refractivity contribution in [3.05, 3.63) is 77.4 Å². The van der Waals surface area contributed by atoms with Gasteiger partial charge < -0.3 is 0 Å². The standard InChI is InChI=1S/C18H20/c1-4-15-8-12-17(13-9-15)18(5-2)16-10-6-14(3)7-11-16/h4,6-13,18H,1,5H2,2-3H3. The van der Waals surface area contributed by atoms with Gasteiger partial charge >= 0.3 is 0 Å². The Bertz CT molecular complexity index is 503. The van der Waals surface area contributed by atoms with Crippen molar-refractivity contribution < 1.29 is 0 Å². The van der Waals surface area contributed by atoms with Crippen molar-refractivity contribution in [1.82, 2.24) is 0 Å². The topological polar surface area (TPSA) is 0 Å². The third-order valence-corrected chi connectivity index (χ3v) is 3.46. The third-order valence-electron chi connectivity index (χ3n) is 3.46. The Morgan fingerprint density at radius 2 is 1.44 bits per heavy atom. The summed E-state index contributed by atoms with van der Waals surface area (Å²) in [6, 6.07) is 17.6. The van der Waals surface area contributed by atoms with E-state index >= 15 is 0 Å². The van der Waals surface area contributed by atoms with Crippen molar-refractivity contribution in [2.24, 2.45) is 0 Å². The normalized spacial score (nSPS) is 12.1. The van der Waals surface area contributed by atoms with Crippen LogP contribution in [-0.4, -0.2) is 0 Å². The van der Waals surface area contributed by atoms with E-state index < -0.39 is 0 Å². The lowest BCUT2D eigenvalue weighted by Crippen LogP contribution is -1.99. The molecule has 0 fully saturated rings. The fourth-order valence-electron chi connectivity index (χ4n) is 2.33. The highest BCUT2D eigenvalue weighted by atomic mass is 14.2. The number of hydrogen-bond acceptors (Lipinski definition) is 0. The van der Waals surface area contributed by atoms with Crippen LogP contribution in [0.1, 0.15) is 41.5 Å². The first-order valence-corrected chi connectivity index (χ1v) is 6.53. The molecule has 0 heteroatoms. The Balaban J connectivity index is 2.32. The Morgan fingerprint density at radius 1 is 0.944 bits per heavy atom. The highest BCUT2D eigenvalue weighted by Crippen LogP contribution is 2.28. The summed E-state index contributed by atoms with van der Waals surface area (Å²) in [7, 11) is 0. The highest BCUT2D eigenvalue weighted by Gasteiger charge is 2.11. The summed E-state index contributed by atoms with van der Waals surface area (Å²) in [5.41, 5.74) is 5.27. The van der Waals surface area contributed by atoms with Crippen molar-refractivity contribution in [2.45, 2.75) is 26.2 Å². The van der Waals surface area contributed by atoms with Gasteiger partial charge in [-0.1, -0.05) is 73.7 Å². The quantitative estimate of drug-likeness (QED) is 0.686. The fourth-order valence-corrected chi connectivity index (χ4v) is 2.33. The zero-order valence-electron chi connectivity index (χ0n) is 11.2. The van der Waals surface area contributed by atoms with E-state index in [4.69, 9.17) is 0 Å². The van der Waals surface area contributed by atoms with Gasteiger partial charge in [0.05, 0.1) is 0 Å². The molecular formula is C18H20. The first kappa shape index (κ1) is 12.6. The van der Waals surface area contributed by atoms with Crippen molar-refractivity contribution in [3.8, 4) is 0 Å². The van der Waals surface area contributed by atoms with Crippen molar-refractivity contribution in [3.63, 3.8) is 0 Å². The van der Waals surface area contributed by atoms with E-state index in [1.807, 2.05) is 6.08 Å². The lowest BCUT2D eigenvalue weighted by Gasteiger charge is -2.16. The molecule has 0 radical (unpaired) electrons. The molecule has 0 bridgehead atoms. The van der Waals surface area contributed by atoms with Gasteiger partial charge in [-0.3, -0.25) is 0 Å². The molecule has 92 valence electrons. The minimum atomic E-state index is 0.490. The van der Waals surface area contributed by atoms with Crippen LogP contribution < -0.4 is 0 Å². The first-order chi connectivity index (χ1) is 8.74. The molecule has 0 N–H and O–H groups in total. The monoisotopic (exact) mass is 236 g/mol. The second-order valence-corrected chi connectivity index (χ2v) is 4.74. The molecule has 0 heterocycles. The van der Waals surface area contributed by atoms with Crippen LogP contribution in [0.15, 0.2) is 55.1 Å². The van der Waals surface area contributed by atoms with Crippen molar-refractivity contribution >= 4 is 6.08 Å². The highest BCUT2D eigenvalue weighted by molar-refractivity contribution is 5.48. The lowest BCUT2D eigenvalue weighted by atomic mass is 9.88. The Morgan fingerprint density at radius 3 is 1.89 bits per heavy atom. The number of hydrogen-bond donors (Lipinski definition) is 0. The summed E-state index contributed by atoms with van der Waals surface area (Å²) in [6.07, 6.45) is 3.01. The molecule has 0 aliphatic rings. The molecular weight excluding hydrogens is 216 g/mol. The van der Waals surface area contributed by atoms with E-state index in [9.17, 15) is 0 Å². The molecule has 0 aliphatic heterocycles. The second kappa shape index (κ2) is 5.68. The first-order valence-electron chi connectivity index (χ1n) is 6.53. The van der Waals surface area contributed by atoms with Gasteiger partial charge in [-0.25, -0.2) is 0 Å². The molecule has 1 atom stereocenters. The van der Waals surface area contributed by atoms with Crippen molar-refractivity contribution in [1.29, 1.82) is 0 Å². The van der Waals surface area contributed by atoms with Gasteiger partial charge in [0, 0.05) is 5.92 Å². The summed E-state index contributed by atoms with van der Waals surface area (Å²) in [4.78, 5) is 0. The molecule has 2 aromatic rings. The van der Waals surface area contributed by atoms with Crippen LogP contribution in [-0.2, 0) is 0 Å². The van der Waals surface area contributed by atoms with Gasteiger partial charge in [0.2, 0.25) is 0 Å². The minimum absolute atomic E-state index is 0.490. The summed E-state index contributed by atoms with van der Waals surface area (Å²) in [5, 5.41) is 0. The van der Waals surface area contributed by atoms with E-state index in [0.29, 0.717) is 5.92 Å². The van der Waals surface area contributed by atoms with Crippen LogP contribution in [0.25, 0.3) is 6.08 Å². The van der Waals surface area contributed by atoms with Crippen LogP contribution in [0.2, 0.25) is 0 Å². The van der Waals surface area contributed by atoms with Crippen LogP contribution in [0.5, 0.6) is 0 Å². The number of benzene rings is 2. The predicted octanol–water partition coefficient (Wildman–Crippen LogP) is 5.18. The minimum Gasteiger partial charge on any atom is -0.0985 e. The molecule has 2 aromatic carbocycles. The molecule has 0 aromatic heterocycles. The van der Waals surface area contributed by atoms with Gasteiger partial charge in [-0.05, 0) is 30.0 Å². The average molecular weight is 236 g/mol. The molecule has 2 rings (SSSR count). The molecule has 0 saturated heterocycles. The van der Waals surface area contributed by atoms with Gasteiger partial charge in [0.1, 0.15) is 0 Å². The molecule has 0 spiro atoms.